The Balaban J connectivity index is 0.00000578. The molecule has 0 atom stereocenters. The number of halogens is 1. The monoisotopic (exact) mass is 1050 g/mol. The third-order valence-corrected chi connectivity index (χ3v) is 12.1. The van der Waals surface area contributed by atoms with Gasteiger partial charge < -0.3 is 15.0 Å². The minimum Gasteiger partial charge on any atom is -0.305 e. The van der Waals surface area contributed by atoms with Crippen molar-refractivity contribution < 1.29 is 24.5 Å². The zero-order chi connectivity index (χ0) is 45.4. The van der Waals surface area contributed by atoms with E-state index in [2.05, 4.69) is 124 Å². The van der Waals surface area contributed by atoms with Crippen molar-refractivity contribution in [1.82, 2.24) is 15.0 Å². The fourth-order valence-corrected chi connectivity index (χ4v) is 8.61. The molecule has 68 heavy (non-hydrogen) atoms. The predicted octanol–water partition coefficient (Wildman–Crippen LogP) is 14.5. The quantitative estimate of drug-likeness (QED) is 0.108. The Bertz CT molecular complexity index is 3230. The summed E-state index contributed by atoms with van der Waals surface area (Å²) >= 11 is 0. The van der Waals surface area contributed by atoms with Crippen LogP contribution in [0.2, 0.25) is 0 Å². The smallest absolute Gasteiger partial charge is 0.305 e. The molecule has 7 aromatic carbocycles. The molecule has 0 saturated heterocycles. The van der Waals surface area contributed by atoms with Crippen molar-refractivity contribution in [3.63, 3.8) is 0 Å². The van der Waals surface area contributed by atoms with Crippen molar-refractivity contribution in [2.24, 2.45) is 0 Å². The molecule has 0 aliphatic carbocycles. The summed E-state index contributed by atoms with van der Waals surface area (Å²) < 4.78 is 16.3. The summed E-state index contributed by atoms with van der Waals surface area (Å²) in [5, 5.41) is 9.33. The normalized spacial score (nSPS) is 10.8. The van der Waals surface area contributed by atoms with Gasteiger partial charge in [0.2, 0.25) is 0 Å². The largest absolute Gasteiger partial charge is 3.00 e. The molecule has 0 amide bonds. The maximum absolute atomic E-state index is 16.3. The molecular weight excluding hydrogens is 1010 g/mol. The van der Waals surface area contributed by atoms with Crippen LogP contribution in [0.5, 0.6) is 0 Å². The first-order valence-corrected chi connectivity index (χ1v) is 22.4. The van der Waals surface area contributed by atoms with E-state index >= 15 is 4.39 Å². The van der Waals surface area contributed by atoms with E-state index in [1.807, 2.05) is 85.2 Å². The van der Waals surface area contributed by atoms with Crippen LogP contribution in [-0.4, -0.2) is 15.0 Å². The van der Waals surface area contributed by atoms with Gasteiger partial charge >= 0.3 is 20.1 Å². The van der Waals surface area contributed by atoms with Gasteiger partial charge in [0.15, 0.2) is 0 Å². The van der Waals surface area contributed by atoms with Gasteiger partial charge in [-0.15, -0.1) is 94.5 Å². The first-order chi connectivity index (χ1) is 33.0. The van der Waals surface area contributed by atoms with E-state index in [0.29, 0.717) is 16.7 Å². The van der Waals surface area contributed by atoms with Crippen LogP contribution in [0.15, 0.2) is 207 Å². The first-order valence-electron chi connectivity index (χ1n) is 22.4. The maximum atomic E-state index is 16.3. The fraction of sp³-hybridized carbons (Fsp3) is 0.0645. The number of hydrogen-bond donors (Lipinski definition) is 0. The minimum absolute atomic E-state index is 0. The van der Waals surface area contributed by atoms with E-state index in [-0.39, 0.29) is 25.9 Å². The van der Waals surface area contributed by atoms with E-state index in [0.717, 1.165) is 92.8 Å². The Kier molecular flexibility index (Phi) is 14.1. The van der Waals surface area contributed by atoms with Gasteiger partial charge in [0.25, 0.3) is 0 Å². The van der Waals surface area contributed by atoms with Gasteiger partial charge in [-0.3, -0.25) is 0 Å². The van der Waals surface area contributed by atoms with Gasteiger partial charge in [-0.1, -0.05) is 133 Å². The zero-order valence-electron chi connectivity index (χ0n) is 37.0. The van der Waals surface area contributed by atoms with Crippen molar-refractivity contribution >= 4 is 0 Å². The van der Waals surface area contributed by atoms with Crippen LogP contribution in [0.3, 0.4) is 0 Å². The average Bonchev–Trinajstić information content (AvgIpc) is 3.40. The molecule has 0 aliphatic rings. The molecule has 10 rings (SSSR count). The molecule has 0 unspecified atom stereocenters. The third kappa shape index (κ3) is 10.4. The average molecular weight is 1050 g/mol. The third-order valence-electron chi connectivity index (χ3n) is 12.1. The Hall–Kier alpha value is -7.94. The standard InChI is InChI=1S/C62H42FN4.Ir/c63-59-41-51(30-32-55(59)48-24-22-45(42-64)23-25-48)58-40-52(62-13-5-8-36-67-62)31-33-57(58)56-10-2-1-9-54(56)53-38-46(16-14-43-18-26-49(27-19-43)60-11-3-6-34-65-60)37-47(39-53)17-15-44-20-28-50(29-21-44)61-12-4-7-35-66-61;/h1-13,18-26,28,30,32-41H,14-17H2;/q-3;+3. The van der Waals surface area contributed by atoms with Crippen LogP contribution < -0.4 is 0 Å². The predicted molar refractivity (Wildman–Crippen MR) is 267 cm³/mol. The molecule has 0 radical (unpaired) electrons. The Labute approximate surface area is 410 Å². The van der Waals surface area contributed by atoms with Crippen LogP contribution in [0, 0.1) is 35.3 Å². The van der Waals surface area contributed by atoms with Crippen molar-refractivity contribution in [2.45, 2.75) is 25.7 Å². The van der Waals surface area contributed by atoms with E-state index in [1.165, 1.54) is 22.3 Å². The molecule has 0 aliphatic heterocycles. The van der Waals surface area contributed by atoms with E-state index in [4.69, 9.17) is 0 Å². The Morgan fingerprint density at radius 1 is 0.397 bits per heavy atom. The summed E-state index contributed by atoms with van der Waals surface area (Å²) in [4.78, 5) is 13.6. The molecule has 10 aromatic rings. The number of aryl methyl sites for hydroxylation is 4. The summed E-state index contributed by atoms with van der Waals surface area (Å²) in [5.74, 6) is -0.348. The van der Waals surface area contributed by atoms with Crippen LogP contribution >= 0.6 is 0 Å². The summed E-state index contributed by atoms with van der Waals surface area (Å²) in [6, 6.07) is 74.9. The molecule has 0 spiro atoms. The van der Waals surface area contributed by atoms with Crippen LogP contribution in [0.25, 0.3) is 78.3 Å². The van der Waals surface area contributed by atoms with Gasteiger partial charge in [0, 0.05) is 24.2 Å². The molecule has 3 heterocycles. The molecule has 0 saturated carbocycles. The van der Waals surface area contributed by atoms with Gasteiger partial charge in [-0.25, -0.2) is 4.39 Å². The molecule has 4 nitrogen and oxygen atoms in total. The fourth-order valence-electron chi connectivity index (χ4n) is 8.61. The molecule has 3 aromatic heterocycles. The number of aromatic nitrogens is 3. The van der Waals surface area contributed by atoms with Crippen molar-refractivity contribution in [1.29, 1.82) is 5.26 Å². The molecule has 0 bridgehead atoms. The number of nitriles is 1. The number of benzene rings is 7. The molecule has 6 heteroatoms. The Morgan fingerprint density at radius 3 is 1.43 bits per heavy atom. The number of rotatable bonds is 13. The van der Waals surface area contributed by atoms with Gasteiger partial charge in [0.1, 0.15) is 5.82 Å². The summed E-state index contributed by atoms with van der Waals surface area (Å²) in [7, 11) is 0. The van der Waals surface area contributed by atoms with Crippen LogP contribution in [0.4, 0.5) is 4.39 Å². The van der Waals surface area contributed by atoms with Crippen LogP contribution in [0.1, 0.15) is 27.8 Å². The molecular formula is C62H42FIrN4. The number of hydrogen-bond acceptors (Lipinski definition) is 4. The summed E-state index contributed by atoms with van der Waals surface area (Å²) in [6.07, 6.45) is 8.78. The molecule has 326 valence electrons. The van der Waals surface area contributed by atoms with Crippen molar-refractivity contribution in [3.8, 4) is 84.3 Å². The second-order valence-corrected chi connectivity index (χ2v) is 16.5. The Morgan fingerprint density at radius 2 is 0.912 bits per heavy atom. The van der Waals surface area contributed by atoms with Gasteiger partial charge in [0.05, 0.1) is 11.6 Å². The molecule has 0 N–H and O–H groups in total. The van der Waals surface area contributed by atoms with E-state index in [9.17, 15) is 5.26 Å². The van der Waals surface area contributed by atoms with Gasteiger partial charge in [-0.05, 0) is 99.7 Å². The number of pyridine rings is 3. The first kappa shape index (κ1) is 45.2. The van der Waals surface area contributed by atoms with Gasteiger partial charge in [-0.2, -0.15) is 5.26 Å². The zero-order valence-corrected chi connectivity index (χ0v) is 39.4. The van der Waals surface area contributed by atoms with E-state index in [1.54, 1.807) is 36.5 Å². The summed E-state index contributed by atoms with van der Waals surface area (Å²) in [5.41, 5.74) is 17.7. The maximum Gasteiger partial charge on any atom is 3.00 e. The number of nitrogens with zero attached hydrogens (tertiary/aromatic N) is 4. The minimum atomic E-state index is -0.348. The molecule has 0 fully saturated rings. The second kappa shape index (κ2) is 21.1. The van der Waals surface area contributed by atoms with Crippen LogP contribution in [-0.2, 0) is 45.8 Å². The van der Waals surface area contributed by atoms with E-state index < -0.39 is 0 Å². The van der Waals surface area contributed by atoms with Crippen molar-refractivity contribution in [2.75, 3.05) is 0 Å². The van der Waals surface area contributed by atoms with Crippen molar-refractivity contribution in [3.05, 3.63) is 258 Å². The SMILES string of the molecule is N#Cc1ccc(-c2ccc(-c3cc(-c4ccccn4)[c-]cc3-c3ccccc3-c3cc(CCc4c[c-]c(-c5ccccn5)cc4)cc(CCc4c[c-]c(-c5ccccn5)cc4)c3)cc2F)cc1.[Ir+3]. The topological polar surface area (TPSA) is 62.5 Å². The second-order valence-electron chi connectivity index (χ2n) is 16.5. The summed E-state index contributed by atoms with van der Waals surface area (Å²) in [6.45, 7) is 0.